The number of hydrogen-bond acceptors (Lipinski definition) is 5. The highest BCUT2D eigenvalue weighted by atomic mass is 32.2. The van der Waals surface area contributed by atoms with Crippen molar-refractivity contribution in [2.75, 3.05) is 11.5 Å². The Morgan fingerprint density at radius 3 is 2.72 bits per heavy atom. The monoisotopic (exact) mass is 266 g/mol. The molecule has 4 N–H and O–H groups in total. The van der Waals surface area contributed by atoms with Crippen LogP contribution < -0.4 is 11.2 Å². The van der Waals surface area contributed by atoms with Crippen LogP contribution in [0.25, 0.3) is 0 Å². The molecule has 0 amide bonds. The molecule has 2 rings (SSSR count). The van der Waals surface area contributed by atoms with Crippen molar-refractivity contribution in [3.8, 4) is 0 Å². The third kappa shape index (κ3) is 3.64. The van der Waals surface area contributed by atoms with Crippen molar-refractivity contribution < 1.29 is 10.0 Å². The molecule has 0 spiro atoms. The smallest absolute Gasteiger partial charge is 0.423 e. The van der Waals surface area contributed by atoms with Crippen LogP contribution in [0.3, 0.4) is 0 Å². The second kappa shape index (κ2) is 6.45. The molecule has 4 nitrogen and oxygen atoms in total. The van der Waals surface area contributed by atoms with Gasteiger partial charge in [-0.15, -0.1) is 11.8 Å². The molecule has 18 heavy (non-hydrogen) atoms. The van der Waals surface area contributed by atoms with Gasteiger partial charge in [0.05, 0.1) is 0 Å². The number of thioether (sulfide) groups is 1. The first kappa shape index (κ1) is 13.7. The highest BCUT2D eigenvalue weighted by Gasteiger charge is 2.17. The van der Waals surface area contributed by atoms with Gasteiger partial charge in [-0.1, -0.05) is 19.3 Å². The summed E-state index contributed by atoms with van der Waals surface area (Å²) in [5, 5.41) is 18.2. The summed E-state index contributed by atoms with van der Waals surface area (Å²) in [5.74, 6) is 2.27. The first-order valence-corrected chi connectivity index (χ1v) is 7.39. The van der Waals surface area contributed by atoms with Crippen molar-refractivity contribution in [2.24, 2.45) is 5.92 Å². The van der Waals surface area contributed by atoms with Crippen LogP contribution in [0.4, 0.5) is 5.82 Å². The molecule has 0 radical (unpaired) electrons. The van der Waals surface area contributed by atoms with E-state index in [2.05, 4.69) is 4.98 Å². The van der Waals surface area contributed by atoms with E-state index in [1.807, 2.05) is 0 Å². The molecule has 1 heterocycles. The van der Waals surface area contributed by atoms with Gasteiger partial charge in [-0.2, -0.15) is 0 Å². The summed E-state index contributed by atoms with van der Waals surface area (Å²) in [7, 11) is -1.48. The standard InChI is InChI=1S/C12H19BN2O2S/c14-12-11(6-10(7-15-12)13(16)17)18-8-9-4-2-1-3-5-9/h6-7,9,16-17H,1-5,8H2,(H2,14,15). The van der Waals surface area contributed by atoms with Crippen molar-refractivity contribution in [1.29, 1.82) is 0 Å². The predicted molar refractivity (Wildman–Crippen MR) is 75.8 cm³/mol. The summed E-state index contributed by atoms with van der Waals surface area (Å²) in [6.07, 6.45) is 8.01. The fraction of sp³-hybridized carbons (Fsp3) is 0.583. The van der Waals surface area contributed by atoms with Crippen molar-refractivity contribution in [3.63, 3.8) is 0 Å². The van der Waals surface area contributed by atoms with Gasteiger partial charge in [0.2, 0.25) is 0 Å². The van der Waals surface area contributed by atoms with Crippen LogP contribution in [0, 0.1) is 5.92 Å². The number of aromatic nitrogens is 1. The highest BCUT2D eigenvalue weighted by molar-refractivity contribution is 7.99. The maximum atomic E-state index is 9.12. The van der Waals surface area contributed by atoms with E-state index >= 15 is 0 Å². The van der Waals surface area contributed by atoms with Crippen molar-refractivity contribution in [2.45, 2.75) is 37.0 Å². The largest absolute Gasteiger partial charge is 0.490 e. The van der Waals surface area contributed by atoms with Crippen molar-refractivity contribution in [3.05, 3.63) is 12.3 Å². The molecule has 0 bridgehead atoms. The normalized spacial score (nSPS) is 16.8. The average Bonchev–Trinajstić information content (AvgIpc) is 2.38. The summed E-state index contributed by atoms with van der Waals surface area (Å²) in [6.45, 7) is 0. The molecular weight excluding hydrogens is 247 g/mol. The van der Waals surface area contributed by atoms with Crippen molar-refractivity contribution >= 4 is 30.2 Å². The Labute approximate surface area is 112 Å². The van der Waals surface area contributed by atoms with Gasteiger partial charge in [0.15, 0.2) is 0 Å². The highest BCUT2D eigenvalue weighted by Crippen LogP contribution is 2.31. The van der Waals surface area contributed by atoms with Gasteiger partial charge in [0, 0.05) is 22.3 Å². The SMILES string of the molecule is Nc1ncc(B(O)O)cc1SCC1CCCCC1. The number of nitrogen functional groups attached to an aromatic ring is 1. The van der Waals surface area contributed by atoms with E-state index in [4.69, 9.17) is 15.8 Å². The summed E-state index contributed by atoms with van der Waals surface area (Å²) in [4.78, 5) is 4.85. The summed E-state index contributed by atoms with van der Waals surface area (Å²) in [6, 6.07) is 1.72. The zero-order valence-electron chi connectivity index (χ0n) is 10.4. The predicted octanol–water partition coefficient (Wildman–Crippen LogP) is 1.02. The molecule has 1 aromatic heterocycles. The quantitative estimate of drug-likeness (QED) is 0.560. The Bertz CT molecular complexity index is 398. The molecular formula is C12H19BN2O2S. The Hall–Kier alpha value is -0.715. The van der Waals surface area contributed by atoms with E-state index in [9.17, 15) is 0 Å². The Balaban J connectivity index is 1.97. The molecule has 0 atom stereocenters. The van der Waals surface area contributed by atoms with Gasteiger partial charge in [-0.05, 0) is 24.8 Å². The lowest BCUT2D eigenvalue weighted by Gasteiger charge is -2.21. The van der Waals surface area contributed by atoms with Crippen LogP contribution in [0.15, 0.2) is 17.2 Å². The van der Waals surface area contributed by atoms with E-state index < -0.39 is 7.12 Å². The maximum Gasteiger partial charge on any atom is 0.490 e. The molecule has 1 saturated carbocycles. The Kier molecular flexibility index (Phi) is 4.91. The topological polar surface area (TPSA) is 79.4 Å². The Morgan fingerprint density at radius 1 is 1.33 bits per heavy atom. The molecule has 0 aliphatic heterocycles. The van der Waals surface area contributed by atoms with Gasteiger partial charge in [0.1, 0.15) is 5.82 Å². The molecule has 6 heteroatoms. The lowest BCUT2D eigenvalue weighted by atomic mass is 9.82. The average molecular weight is 266 g/mol. The first-order chi connectivity index (χ1) is 8.66. The molecule has 0 saturated heterocycles. The molecule has 0 unspecified atom stereocenters. The number of rotatable bonds is 4. The second-order valence-electron chi connectivity index (χ2n) is 4.84. The minimum absolute atomic E-state index is 0.398. The van der Waals surface area contributed by atoms with E-state index in [-0.39, 0.29) is 0 Å². The number of nitrogens with two attached hydrogens (primary N) is 1. The molecule has 1 fully saturated rings. The number of nitrogens with zero attached hydrogens (tertiary/aromatic N) is 1. The summed E-state index contributed by atoms with van der Waals surface area (Å²) < 4.78 is 0. The fourth-order valence-corrected chi connectivity index (χ4v) is 3.46. The van der Waals surface area contributed by atoms with Crippen LogP contribution in [-0.4, -0.2) is 27.9 Å². The first-order valence-electron chi connectivity index (χ1n) is 6.41. The Morgan fingerprint density at radius 2 is 2.06 bits per heavy atom. The van der Waals surface area contributed by atoms with Gasteiger partial charge >= 0.3 is 7.12 Å². The van der Waals surface area contributed by atoms with Crippen LogP contribution >= 0.6 is 11.8 Å². The van der Waals surface area contributed by atoms with E-state index in [0.717, 1.165) is 16.6 Å². The zero-order chi connectivity index (χ0) is 13.0. The van der Waals surface area contributed by atoms with Gasteiger partial charge in [-0.3, -0.25) is 0 Å². The minimum atomic E-state index is -1.48. The summed E-state index contributed by atoms with van der Waals surface area (Å²) in [5.41, 5.74) is 6.21. The van der Waals surface area contributed by atoms with Crippen LogP contribution in [0.2, 0.25) is 0 Å². The summed E-state index contributed by atoms with van der Waals surface area (Å²) >= 11 is 1.68. The number of anilines is 1. The van der Waals surface area contributed by atoms with E-state index in [1.165, 1.54) is 38.3 Å². The van der Waals surface area contributed by atoms with Crippen LogP contribution in [-0.2, 0) is 0 Å². The fourth-order valence-electron chi connectivity index (χ4n) is 2.29. The third-order valence-corrected chi connectivity index (χ3v) is 4.68. The number of pyridine rings is 1. The maximum absolute atomic E-state index is 9.12. The van der Waals surface area contributed by atoms with E-state index in [0.29, 0.717) is 11.3 Å². The van der Waals surface area contributed by atoms with E-state index in [1.54, 1.807) is 17.8 Å². The van der Waals surface area contributed by atoms with Crippen LogP contribution in [0.1, 0.15) is 32.1 Å². The van der Waals surface area contributed by atoms with Crippen LogP contribution in [0.5, 0.6) is 0 Å². The minimum Gasteiger partial charge on any atom is -0.423 e. The zero-order valence-corrected chi connectivity index (χ0v) is 11.2. The molecule has 98 valence electrons. The van der Waals surface area contributed by atoms with Gasteiger partial charge in [0.25, 0.3) is 0 Å². The third-order valence-electron chi connectivity index (χ3n) is 3.40. The van der Waals surface area contributed by atoms with Gasteiger partial charge < -0.3 is 15.8 Å². The van der Waals surface area contributed by atoms with Gasteiger partial charge in [-0.25, -0.2) is 4.98 Å². The molecule has 0 aromatic carbocycles. The molecule has 1 aromatic rings. The lowest BCUT2D eigenvalue weighted by molar-refractivity contribution is 0.391. The number of hydrogen-bond donors (Lipinski definition) is 3. The lowest BCUT2D eigenvalue weighted by Crippen LogP contribution is -2.30. The molecule has 1 aliphatic carbocycles. The second-order valence-corrected chi connectivity index (χ2v) is 5.90. The molecule has 1 aliphatic rings. The van der Waals surface area contributed by atoms with Crippen molar-refractivity contribution in [1.82, 2.24) is 4.98 Å².